The molecule has 0 heterocycles. The highest BCUT2D eigenvalue weighted by Crippen LogP contribution is 2.32. The summed E-state index contributed by atoms with van der Waals surface area (Å²) in [6.07, 6.45) is -4.48. The van der Waals surface area contributed by atoms with E-state index in [0.29, 0.717) is 0 Å². The Labute approximate surface area is 104 Å². The molecule has 6 heteroatoms. The number of hydrogen-bond donors (Lipinski definition) is 0. The van der Waals surface area contributed by atoms with Crippen LogP contribution in [0, 0.1) is 0 Å². The number of rotatable bonds is 2. The summed E-state index contributed by atoms with van der Waals surface area (Å²) in [5, 5.41) is -0.851. The highest BCUT2D eigenvalue weighted by Gasteiger charge is 2.31. The molecule has 0 spiro atoms. The normalized spacial score (nSPS) is 13.6. The van der Waals surface area contributed by atoms with Gasteiger partial charge in [-0.25, -0.2) is 0 Å². The van der Waals surface area contributed by atoms with Gasteiger partial charge in [0.2, 0.25) is 0 Å². The Morgan fingerprint density at radius 1 is 1.38 bits per heavy atom. The standard InChI is InChI=1S/C10H7BrClF3O/c1-5(12)9(16)6-2-7(10(13,14)15)4-8(11)3-6/h2-5H,1H3. The highest BCUT2D eigenvalue weighted by molar-refractivity contribution is 9.10. The van der Waals surface area contributed by atoms with Gasteiger partial charge in [0.1, 0.15) is 0 Å². The van der Waals surface area contributed by atoms with Gasteiger partial charge in [-0.15, -0.1) is 11.6 Å². The Bertz CT molecular complexity index is 415. The molecule has 88 valence electrons. The molecule has 0 aliphatic carbocycles. The molecule has 1 aromatic carbocycles. The Morgan fingerprint density at radius 2 is 1.94 bits per heavy atom. The molecule has 1 rings (SSSR count). The molecule has 0 saturated carbocycles. The van der Waals surface area contributed by atoms with Crippen molar-refractivity contribution in [2.75, 3.05) is 0 Å². The zero-order valence-corrected chi connectivity index (χ0v) is 10.4. The predicted molar refractivity (Wildman–Crippen MR) is 58.8 cm³/mol. The first-order valence-electron chi connectivity index (χ1n) is 4.28. The second-order valence-corrected chi connectivity index (χ2v) is 4.78. The largest absolute Gasteiger partial charge is 0.416 e. The zero-order valence-electron chi connectivity index (χ0n) is 8.11. The van der Waals surface area contributed by atoms with E-state index in [4.69, 9.17) is 11.6 Å². The molecule has 0 aromatic heterocycles. The van der Waals surface area contributed by atoms with E-state index in [1.807, 2.05) is 0 Å². The van der Waals surface area contributed by atoms with Crippen molar-refractivity contribution in [3.05, 3.63) is 33.8 Å². The lowest BCUT2D eigenvalue weighted by molar-refractivity contribution is -0.137. The topological polar surface area (TPSA) is 17.1 Å². The molecule has 0 radical (unpaired) electrons. The van der Waals surface area contributed by atoms with Crippen molar-refractivity contribution in [2.45, 2.75) is 18.5 Å². The number of hydrogen-bond acceptors (Lipinski definition) is 1. The molecule has 0 aliphatic heterocycles. The van der Waals surface area contributed by atoms with Crippen LogP contribution in [0.1, 0.15) is 22.8 Å². The van der Waals surface area contributed by atoms with Gasteiger partial charge in [0, 0.05) is 10.0 Å². The molecule has 0 N–H and O–H groups in total. The first kappa shape index (κ1) is 13.5. The van der Waals surface area contributed by atoms with Crippen molar-refractivity contribution < 1.29 is 18.0 Å². The number of carbonyl (C=O) groups is 1. The van der Waals surface area contributed by atoms with Crippen molar-refractivity contribution in [1.29, 1.82) is 0 Å². The number of halogens is 5. The minimum atomic E-state index is -4.48. The monoisotopic (exact) mass is 314 g/mol. The summed E-state index contributed by atoms with van der Waals surface area (Å²) in [4.78, 5) is 11.5. The van der Waals surface area contributed by atoms with Crippen LogP contribution in [0.4, 0.5) is 13.2 Å². The van der Waals surface area contributed by atoms with Gasteiger partial charge in [0.15, 0.2) is 5.78 Å². The molecule has 1 unspecified atom stereocenters. The summed E-state index contributed by atoms with van der Waals surface area (Å²) >= 11 is 8.46. The van der Waals surface area contributed by atoms with Crippen molar-refractivity contribution >= 4 is 33.3 Å². The molecule has 1 nitrogen and oxygen atoms in total. The van der Waals surface area contributed by atoms with E-state index in [2.05, 4.69) is 15.9 Å². The fourth-order valence-corrected chi connectivity index (χ4v) is 1.74. The van der Waals surface area contributed by atoms with E-state index in [1.165, 1.54) is 13.0 Å². The van der Waals surface area contributed by atoms with Gasteiger partial charge in [-0.05, 0) is 25.1 Å². The number of Topliss-reactive ketones (excluding diaryl/α,β-unsaturated/α-hetero) is 1. The Kier molecular flexibility index (Phi) is 4.02. The van der Waals surface area contributed by atoms with Gasteiger partial charge >= 0.3 is 6.18 Å². The third-order valence-electron chi connectivity index (χ3n) is 1.87. The number of benzene rings is 1. The molecule has 0 aliphatic rings. The van der Waals surface area contributed by atoms with Crippen molar-refractivity contribution in [3.63, 3.8) is 0 Å². The van der Waals surface area contributed by atoms with Crippen LogP contribution in [0.15, 0.2) is 22.7 Å². The maximum atomic E-state index is 12.4. The van der Waals surface area contributed by atoms with Gasteiger partial charge < -0.3 is 0 Å². The summed E-state index contributed by atoms with van der Waals surface area (Å²) in [5.74, 6) is -0.534. The molecule has 1 aromatic rings. The van der Waals surface area contributed by atoms with Gasteiger partial charge in [0.25, 0.3) is 0 Å². The summed E-state index contributed by atoms with van der Waals surface area (Å²) in [6, 6.07) is 3.03. The SMILES string of the molecule is CC(Cl)C(=O)c1cc(Br)cc(C(F)(F)F)c1. The lowest BCUT2D eigenvalue weighted by atomic mass is 10.1. The van der Waals surface area contributed by atoms with Gasteiger partial charge in [0.05, 0.1) is 10.9 Å². The van der Waals surface area contributed by atoms with Crippen LogP contribution in [0.2, 0.25) is 0 Å². The van der Waals surface area contributed by atoms with Crippen LogP contribution in [0.3, 0.4) is 0 Å². The zero-order chi connectivity index (χ0) is 12.5. The number of ketones is 1. The number of alkyl halides is 4. The molecule has 0 saturated heterocycles. The van der Waals surface area contributed by atoms with E-state index < -0.39 is 22.9 Å². The van der Waals surface area contributed by atoms with Crippen molar-refractivity contribution in [3.8, 4) is 0 Å². The third-order valence-corrected chi connectivity index (χ3v) is 2.53. The fraction of sp³-hybridized carbons (Fsp3) is 0.300. The minimum Gasteiger partial charge on any atom is -0.293 e. The van der Waals surface area contributed by atoms with Crippen LogP contribution >= 0.6 is 27.5 Å². The van der Waals surface area contributed by atoms with Crippen LogP contribution in [0.5, 0.6) is 0 Å². The Morgan fingerprint density at radius 3 is 2.38 bits per heavy atom. The maximum Gasteiger partial charge on any atom is 0.416 e. The molecule has 16 heavy (non-hydrogen) atoms. The van der Waals surface area contributed by atoms with Gasteiger partial charge in [-0.3, -0.25) is 4.79 Å². The molecule has 0 fully saturated rings. The smallest absolute Gasteiger partial charge is 0.293 e. The lowest BCUT2D eigenvalue weighted by Crippen LogP contribution is -2.13. The Hall–Kier alpha value is -0.550. The van der Waals surface area contributed by atoms with Crippen LogP contribution in [-0.4, -0.2) is 11.2 Å². The van der Waals surface area contributed by atoms with Crippen molar-refractivity contribution in [2.24, 2.45) is 0 Å². The first-order valence-corrected chi connectivity index (χ1v) is 5.51. The summed E-state index contributed by atoms with van der Waals surface area (Å²) < 4.78 is 37.5. The fourth-order valence-electron chi connectivity index (χ4n) is 1.13. The van der Waals surface area contributed by atoms with E-state index in [1.54, 1.807) is 0 Å². The van der Waals surface area contributed by atoms with E-state index in [0.717, 1.165) is 12.1 Å². The molecule has 0 bridgehead atoms. The Balaban J connectivity index is 3.24. The first-order chi connectivity index (χ1) is 7.21. The summed E-state index contributed by atoms with van der Waals surface area (Å²) in [5.41, 5.74) is -0.924. The quantitative estimate of drug-likeness (QED) is 0.588. The maximum absolute atomic E-state index is 12.4. The minimum absolute atomic E-state index is 0.0517. The van der Waals surface area contributed by atoms with Crippen molar-refractivity contribution in [1.82, 2.24) is 0 Å². The second-order valence-electron chi connectivity index (χ2n) is 3.21. The molecule has 1 atom stereocenters. The van der Waals surface area contributed by atoms with E-state index in [-0.39, 0.29) is 10.0 Å². The average Bonchev–Trinajstić information content (AvgIpc) is 2.14. The van der Waals surface area contributed by atoms with Crippen LogP contribution < -0.4 is 0 Å². The average molecular weight is 316 g/mol. The van der Waals surface area contributed by atoms with Crippen LogP contribution in [0.25, 0.3) is 0 Å². The molecule has 0 amide bonds. The van der Waals surface area contributed by atoms with E-state index >= 15 is 0 Å². The van der Waals surface area contributed by atoms with Crippen LogP contribution in [-0.2, 0) is 6.18 Å². The second kappa shape index (κ2) is 4.75. The van der Waals surface area contributed by atoms with E-state index in [9.17, 15) is 18.0 Å². The third kappa shape index (κ3) is 3.22. The van der Waals surface area contributed by atoms with Gasteiger partial charge in [-0.1, -0.05) is 15.9 Å². The lowest BCUT2D eigenvalue weighted by Gasteiger charge is -2.10. The summed E-state index contributed by atoms with van der Waals surface area (Å²) in [6.45, 7) is 1.41. The predicted octanol–water partition coefficient (Wildman–Crippen LogP) is 4.28. The summed E-state index contributed by atoms with van der Waals surface area (Å²) in [7, 11) is 0. The molecular weight excluding hydrogens is 308 g/mol. The highest BCUT2D eigenvalue weighted by atomic mass is 79.9. The number of carbonyl (C=O) groups excluding carboxylic acids is 1. The molecular formula is C10H7BrClF3O. The van der Waals surface area contributed by atoms with Gasteiger partial charge in [-0.2, -0.15) is 13.2 Å².